The topological polar surface area (TPSA) is 41.9 Å². The molecule has 20 heavy (non-hydrogen) atoms. The van der Waals surface area contributed by atoms with E-state index in [1.54, 1.807) is 17.1 Å². The summed E-state index contributed by atoms with van der Waals surface area (Å²) in [6, 6.07) is 5.66. The zero-order valence-electron chi connectivity index (χ0n) is 10.9. The summed E-state index contributed by atoms with van der Waals surface area (Å²) >= 11 is 17.1. The molecule has 4 nitrogen and oxygen atoms in total. The van der Waals surface area contributed by atoms with Gasteiger partial charge < -0.3 is 10.6 Å². The van der Waals surface area contributed by atoms with E-state index in [1.165, 1.54) is 0 Å². The van der Waals surface area contributed by atoms with E-state index >= 15 is 0 Å². The number of hydrogen-bond donors (Lipinski definition) is 2. The lowest BCUT2D eigenvalue weighted by atomic mass is 10.2. The maximum absolute atomic E-state index is 6.06. The van der Waals surface area contributed by atoms with Gasteiger partial charge in [-0.05, 0) is 36.8 Å². The lowest BCUT2D eigenvalue weighted by molar-refractivity contribution is 0.604. The maximum atomic E-state index is 6.06. The van der Waals surface area contributed by atoms with Gasteiger partial charge >= 0.3 is 0 Å². The smallest absolute Gasteiger partial charge is 0.170 e. The highest BCUT2D eigenvalue weighted by Crippen LogP contribution is 2.22. The molecule has 0 bridgehead atoms. The van der Waals surface area contributed by atoms with Gasteiger partial charge in [-0.3, -0.25) is 4.68 Å². The van der Waals surface area contributed by atoms with Gasteiger partial charge in [0.2, 0.25) is 0 Å². The molecule has 2 rings (SSSR count). The largest absolute Gasteiger partial charge is 0.361 e. The molecule has 0 amide bonds. The van der Waals surface area contributed by atoms with Crippen LogP contribution in [-0.4, -0.2) is 21.4 Å². The summed E-state index contributed by atoms with van der Waals surface area (Å²) in [5.41, 5.74) is 1.87. The van der Waals surface area contributed by atoms with Crippen molar-refractivity contribution in [3.05, 3.63) is 46.2 Å². The number of anilines is 1. The minimum atomic E-state index is 0.550. The van der Waals surface area contributed by atoms with E-state index in [-0.39, 0.29) is 0 Å². The highest BCUT2D eigenvalue weighted by atomic mass is 35.5. The third-order valence-electron chi connectivity index (χ3n) is 2.74. The van der Waals surface area contributed by atoms with Crippen molar-refractivity contribution in [1.82, 2.24) is 15.1 Å². The minimum absolute atomic E-state index is 0.550. The van der Waals surface area contributed by atoms with Crippen LogP contribution in [0.5, 0.6) is 0 Å². The first-order chi connectivity index (χ1) is 9.56. The van der Waals surface area contributed by atoms with Crippen molar-refractivity contribution in [2.24, 2.45) is 0 Å². The monoisotopic (exact) mass is 328 g/mol. The molecule has 7 heteroatoms. The second-order valence-corrected chi connectivity index (χ2v) is 5.47. The molecule has 0 aliphatic heterocycles. The quantitative estimate of drug-likeness (QED) is 0.843. The van der Waals surface area contributed by atoms with Gasteiger partial charge in [0.05, 0.1) is 17.8 Å². The second kappa shape index (κ2) is 6.92. The predicted molar refractivity (Wildman–Crippen MR) is 87.6 cm³/mol. The Balaban J connectivity index is 1.82. The van der Waals surface area contributed by atoms with E-state index < -0.39 is 0 Å². The van der Waals surface area contributed by atoms with Crippen LogP contribution in [-0.2, 0) is 6.54 Å². The lowest BCUT2D eigenvalue weighted by Gasteiger charge is -2.13. The van der Waals surface area contributed by atoms with Crippen LogP contribution in [0, 0.1) is 6.92 Å². The van der Waals surface area contributed by atoms with Crippen molar-refractivity contribution < 1.29 is 0 Å². The van der Waals surface area contributed by atoms with Gasteiger partial charge in [0.1, 0.15) is 0 Å². The molecule has 0 aliphatic rings. The van der Waals surface area contributed by atoms with E-state index in [1.807, 2.05) is 25.1 Å². The number of aromatic nitrogens is 2. The van der Waals surface area contributed by atoms with Crippen molar-refractivity contribution >= 4 is 46.2 Å². The Morgan fingerprint density at radius 2 is 2.20 bits per heavy atom. The molecule has 1 aromatic carbocycles. The lowest BCUT2D eigenvalue weighted by Crippen LogP contribution is -2.31. The molecule has 0 fully saturated rings. The molecule has 2 N–H and O–H groups in total. The van der Waals surface area contributed by atoms with Crippen LogP contribution in [0.4, 0.5) is 5.69 Å². The van der Waals surface area contributed by atoms with Gasteiger partial charge in [0.25, 0.3) is 0 Å². The zero-order chi connectivity index (χ0) is 14.5. The minimum Gasteiger partial charge on any atom is -0.361 e. The number of halogens is 2. The van der Waals surface area contributed by atoms with E-state index in [9.17, 15) is 0 Å². The summed E-state index contributed by atoms with van der Waals surface area (Å²) in [6.45, 7) is 3.28. The van der Waals surface area contributed by atoms with Crippen molar-refractivity contribution in [3.8, 4) is 0 Å². The van der Waals surface area contributed by atoms with Gasteiger partial charge in [-0.1, -0.05) is 29.3 Å². The summed E-state index contributed by atoms with van der Waals surface area (Å²) in [5.74, 6) is 0. The van der Waals surface area contributed by atoms with Gasteiger partial charge in [-0.25, -0.2) is 0 Å². The molecule has 0 saturated carbocycles. The van der Waals surface area contributed by atoms with Crippen LogP contribution in [0.1, 0.15) is 5.56 Å². The third kappa shape index (κ3) is 4.10. The highest BCUT2D eigenvalue weighted by molar-refractivity contribution is 7.80. The molecular weight excluding hydrogens is 315 g/mol. The fourth-order valence-corrected chi connectivity index (χ4v) is 2.20. The first kappa shape index (κ1) is 15.1. The number of nitrogens with one attached hydrogen (secondary N) is 2. The number of rotatable bonds is 4. The molecule has 1 aromatic heterocycles. The average Bonchev–Trinajstić information content (AvgIpc) is 2.81. The Hall–Kier alpha value is -1.30. The van der Waals surface area contributed by atoms with E-state index in [2.05, 4.69) is 15.7 Å². The number of hydrogen-bond acceptors (Lipinski definition) is 2. The number of benzene rings is 1. The van der Waals surface area contributed by atoms with Crippen LogP contribution < -0.4 is 10.6 Å². The fraction of sp³-hybridized carbons (Fsp3) is 0.231. The molecule has 2 aromatic rings. The molecule has 0 saturated heterocycles. The van der Waals surface area contributed by atoms with Crippen molar-refractivity contribution in [2.75, 3.05) is 11.9 Å². The van der Waals surface area contributed by atoms with Crippen LogP contribution in [0.3, 0.4) is 0 Å². The van der Waals surface area contributed by atoms with Crippen molar-refractivity contribution in [3.63, 3.8) is 0 Å². The maximum Gasteiger partial charge on any atom is 0.170 e. The highest BCUT2D eigenvalue weighted by Gasteiger charge is 2.03. The van der Waals surface area contributed by atoms with Crippen LogP contribution >= 0.6 is 35.4 Å². The molecule has 0 radical (unpaired) electrons. The SMILES string of the molecule is Cc1c(Cl)cccc1NC(=S)NCCn1cc(Cl)cn1. The van der Waals surface area contributed by atoms with E-state index in [4.69, 9.17) is 35.4 Å². The summed E-state index contributed by atoms with van der Waals surface area (Å²) in [6.07, 6.45) is 3.37. The molecule has 1 heterocycles. The number of nitrogens with zero attached hydrogens (tertiary/aromatic N) is 2. The zero-order valence-corrected chi connectivity index (χ0v) is 13.2. The molecule has 0 aliphatic carbocycles. The summed E-state index contributed by atoms with van der Waals surface area (Å²) < 4.78 is 1.75. The van der Waals surface area contributed by atoms with Gasteiger partial charge in [0.15, 0.2) is 5.11 Å². The standard InChI is InChI=1S/C13H14Cl2N4S/c1-9-11(15)3-2-4-12(9)18-13(20)16-5-6-19-8-10(14)7-17-19/h2-4,7-8H,5-6H2,1H3,(H2,16,18,20). The summed E-state index contributed by atoms with van der Waals surface area (Å²) in [4.78, 5) is 0. The Kier molecular flexibility index (Phi) is 5.23. The van der Waals surface area contributed by atoms with Gasteiger partial charge in [0, 0.05) is 23.5 Å². The first-order valence-electron chi connectivity index (χ1n) is 6.04. The van der Waals surface area contributed by atoms with E-state index in [0.717, 1.165) is 11.3 Å². The summed E-state index contributed by atoms with van der Waals surface area (Å²) in [7, 11) is 0. The Morgan fingerprint density at radius 1 is 1.40 bits per heavy atom. The predicted octanol–water partition coefficient (Wildman–Crippen LogP) is 3.48. The second-order valence-electron chi connectivity index (χ2n) is 4.21. The Morgan fingerprint density at radius 3 is 2.90 bits per heavy atom. The van der Waals surface area contributed by atoms with Gasteiger partial charge in [-0.15, -0.1) is 0 Å². The molecule has 106 valence electrons. The van der Waals surface area contributed by atoms with Crippen LogP contribution in [0.15, 0.2) is 30.6 Å². The van der Waals surface area contributed by atoms with Crippen molar-refractivity contribution in [2.45, 2.75) is 13.5 Å². The molecule has 0 atom stereocenters. The Labute approximate surface area is 133 Å². The first-order valence-corrected chi connectivity index (χ1v) is 7.20. The van der Waals surface area contributed by atoms with Gasteiger partial charge in [-0.2, -0.15) is 5.10 Å². The fourth-order valence-electron chi connectivity index (χ4n) is 1.65. The van der Waals surface area contributed by atoms with Crippen LogP contribution in [0.2, 0.25) is 10.0 Å². The third-order valence-corrected chi connectivity index (χ3v) is 3.60. The van der Waals surface area contributed by atoms with E-state index in [0.29, 0.717) is 28.2 Å². The molecule has 0 spiro atoms. The normalized spacial score (nSPS) is 10.3. The molecule has 0 unspecified atom stereocenters. The Bertz CT molecular complexity index is 612. The summed E-state index contributed by atoms with van der Waals surface area (Å²) in [5, 5.41) is 12.2. The average molecular weight is 329 g/mol. The van der Waals surface area contributed by atoms with Crippen LogP contribution in [0.25, 0.3) is 0 Å². The number of thiocarbonyl (C=S) groups is 1. The molecular formula is C13H14Cl2N4S. The van der Waals surface area contributed by atoms with Crippen molar-refractivity contribution in [1.29, 1.82) is 0 Å².